The molecule has 0 amide bonds. The van der Waals surface area contributed by atoms with Gasteiger partial charge in [-0.2, -0.15) is 11.8 Å². The van der Waals surface area contributed by atoms with Crippen LogP contribution in [0.5, 0.6) is 0 Å². The zero-order valence-corrected chi connectivity index (χ0v) is 11.4. The molecular weight excluding hydrogens is 238 g/mol. The molecule has 0 aromatic heterocycles. The van der Waals surface area contributed by atoms with Gasteiger partial charge in [0, 0.05) is 16.3 Å². The lowest BCUT2D eigenvalue weighted by Gasteiger charge is -2.23. The van der Waals surface area contributed by atoms with E-state index in [1.165, 1.54) is 24.2 Å². The van der Waals surface area contributed by atoms with Gasteiger partial charge >= 0.3 is 0 Å². The van der Waals surface area contributed by atoms with Gasteiger partial charge in [0.2, 0.25) is 0 Å². The molecule has 2 atom stereocenters. The number of aryl methyl sites for hydroxylation is 1. The predicted molar refractivity (Wildman–Crippen MR) is 73.5 cm³/mol. The van der Waals surface area contributed by atoms with Crippen LogP contribution in [0.1, 0.15) is 30.0 Å². The highest BCUT2D eigenvalue weighted by Crippen LogP contribution is 2.36. The van der Waals surface area contributed by atoms with Gasteiger partial charge in [0.1, 0.15) is 0 Å². The Kier molecular flexibility index (Phi) is 4.17. The van der Waals surface area contributed by atoms with Crippen molar-refractivity contribution >= 4 is 23.4 Å². The molecule has 0 saturated carbocycles. The zero-order valence-electron chi connectivity index (χ0n) is 9.79. The Morgan fingerprint density at radius 3 is 2.88 bits per heavy atom. The molecule has 1 N–H and O–H groups in total. The summed E-state index contributed by atoms with van der Waals surface area (Å²) in [7, 11) is 2.04. The smallest absolute Gasteiger partial charge is 0.0438 e. The van der Waals surface area contributed by atoms with E-state index in [-0.39, 0.29) is 0 Å². The number of hydrogen-bond donors (Lipinski definition) is 1. The Balaban J connectivity index is 2.22. The van der Waals surface area contributed by atoms with Crippen molar-refractivity contribution in [1.82, 2.24) is 5.32 Å². The largest absolute Gasteiger partial charge is 0.312 e. The minimum absolute atomic E-state index is 0.436. The Hall–Kier alpha value is -0.180. The van der Waals surface area contributed by atoms with E-state index in [4.69, 9.17) is 11.6 Å². The molecule has 0 radical (unpaired) electrons. The first-order valence-electron chi connectivity index (χ1n) is 5.77. The fourth-order valence-corrected chi connectivity index (χ4v) is 3.88. The van der Waals surface area contributed by atoms with Crippen LogP contribution in [0, 0.1) is 6.92 Å². The molecule has 1 aromatic carbocycles. The second-order valence-corrected chi connectivity index (χ2v) is 6.08. The van der Waals surface area contributed by atoms with Crippen LogP contribution in [0.4, 0.5) is 0 Å². The fourth-order valence-electron chi connectivity index (χ4n) is 2.24. The summed E-state index contributed by atoms with van der Waals surface area (Å²) in [6.07, 6.45) is 2.65. The van der Waals surface area contributed by atoms with Gasteiger partial charge < -0.3 is 5.32 Å². The summed E-state index contributed by atoms with van der Waals surface area (Å²) < 4.78 is 0. The third-order valence-electron chi connectivity index (χ3n) is 3.20. The Labute approximate surface area is 107 Å². The van der Waals surface area contributed by atoms with E-state index >= 15 is 0 Å². The molecule has 1 saturated heterocycles. The Morgan fingerprint density at radius 2 is 2.31 bits per heavy atom. The summed E-state index contributed by atoms with van der Waals surface area (Å²) in [5.41, 5.74) is 2.47. The minimum atomic E-state index is 0.436. The van der Waals surface area contributed by atoms with Crippen LogP contribution in [0.25, 0.3) is 0 Å². The number of nitrogens with one attached hydrogen (secondary N) is 1. The third-order valence-corrected chi connectivity index (χ3v) is 5.07. The molecule has 0 spiro atoms. The number of halogens is 1. The highest BCUT2D eigenvalue weighted by molar-refractivity contribution is 8.00. The van der Waals surface area contributed by atoms with Gasteiger partial charge in [0.25, 0.3) is 0 Å². The van der Waals surface area contributed by atoms with Crippen molar-refractivity contribution in [1.29, 1.82) is 0 Å². The minimum Gasteiger partial charge on any atom is -0.312 e. The molecule has 0 bridgehead atoms. The van der Waals surface area contributed by atoms with Crippen molar-refractivity contribution < 1.29 is 0 Å². The lowest BCUT2D eigenvalue weighted by molar-refractivity contribution is 0.552. The molecule has 88 valence electrons. The monoisotopic (exact) mass is 255 g/mol. The highest BCUT2D eigenvalue weighted by Gasteiger charge is 2.25. The zero-order chi connectivity index (χ0) is 11.5. The summed E-state index contributed by atoms with van der Waals surface area (Å²) in [6, 6.07) is 6.85. The number of hydrogen-bond acceptors (Lipinski definition) is 2. The predicted octanol–water partition coefficient (Wildman–Crippen LogP) is 3.80. The van der Waals surface area contributed by atoms with Crippen molar-refractivity contribution in [2.24, 2.45) is 0 Å². The first kappa shape index (κ1) is 12.3. The van der Waals surface area contributed by atoms with E-state index in [1.807, 2.05) is 14.0 Å². The first-order chi connectivity index (χ1) is 7.72. The van der Waals surface area contributed by atoms with E-state index < -0.39 is 0 Å². The van der Waals surface area contributed by atoms with Crippen molar-refractivity contribution in [3.8, 4) is 0 Å². The van der Waals surface area contributed by atoms with Crippen molar-refractivity contribution in [2.45, 2.75) is 31.1 Å². The average molecular weight is 256 g/mol. The highest BCUT2D eigenvalue weighted by atomic mass is 35.5. The molecule has 1 heterocycles. The fraction of sp³-hybridized carbons (Fsp3) is 0.538. The van der Waals surface area contributed by atoms with Crippen LogP contribution in [0.2, 0.25) is 5.02 Å². The van der Waals surface area contributed by atoms with Crippen LogP contribution >= 0.6 is 23.4 Å². The first-order valence-corrected chi connectivity index (χ1v) is 7.20. The molecular formula is C13H18ClNS. The van der Waals surface area contributed by atoms with Gasteiger partial charge in [0.05, 0.1) is 0 Å². The van der Waals surface area contributed by atoms with Crippen LogP contribution in [-0.4, -0.2) is 18.1 Å². The van der Waals surface area contributed by atoms with Gasteiger partial charge in [0.15, 0.2) is 0 Å². The van der Waals surface area contributed by atoms with E-state index in [9.17, 15) is 0 Å². The lowest BCUT2D eigenvalue weighted by Crippen LogP contribution is -2.25. The van der Waals surface area contributed by atoms with Crippen molar-refractivity contribution in [3.05, 3.63) is 34.3 Å². The maximum atomic E-state index is 6.19. The van der Waals surface area contributed by atoms with E-state index in [2.05, 4.69) is 35.3 Å². The molecule has 3 heteroatoms. The normalized spacial score (nSPS) is 22.3. The summed E-state index contributed by atoms with van der Waals surface area (Å²) in [6.45, 7) is 2.05. The lowest BCUT2D eigenvalue weighted by atomic mass is 10.00. The standard InChI is InChI=1S/C13H18ClNS/c1-9-5-6-10(8-11(9)14)13(15-2)12-4-3-7-16-12/h5-6,8,12-13,15H,3-4,7H2,1-2H3. The van der Waals surface area contributed by atoms with Gasteiger partial charge in [-0.05, 0) is 49.8 Å². The summed E-state index contributed by atoms with van der Waals surface area (Å²) in [5.74, 6) is 1.29. The van der Waals surface area contributed by atoms with E-state index in [0.717, 1.165) is 10.6 Å². The van der Waals surface area contributed by atoms with Crippen molar-refractivity contribution in [2.75, 3.05) is 12.8 Å². The van der Waals surface area contributed by atoms with Crippen LogP contribution < -0.4 is 5.32 Å². The summed E-state index contributed by atoms with van der Waals surface area (Å²) in [4.78, 5) is 0. The van der Waals surface area contributed by atoms with E-state index in [0.29, 0.717) is 11.3 Å². The maximum Gasteiger partial charge on any atom is 0.0438 e. The third kappa shape index (κ3) is 2.55. The second-order valence-electron chi connectivity index (χ2n) is 4.33. The average Bonchev–Trinajstić information content (AvgIpc) is 2.78. The van der Waals surface area contributed by atoms with E-state index in [1.54, 1.807) is 0 Å². The Bertz CT molecular complexity index is 361. The SMILES string of the molecule is CNC(c1ccc(C)c(Cl)c1)C1CCCS1. The number of benzene rings is 1. The molecule has 1 aliphatic heterocycles. The molecule has 1 aliphatic rings. The Morgan fingerprint density at radius 1 is 1.50 bits per heavy atom. The summed E-state index contributed by atoms with van der Waals surface area (Å²) >= 11 is 8.26. The molecule has 2 rings (SSSR count). The topological polar surface area (TPSA) is 12.0 Å². The molecule has 1 fully saturated rings. The molecule has 1 aromatic rings. The molecule has 0 aliphatic carbocycles. The number of rotatable bonds is 3. The van der Waals surface area contributed by atoms with Gasteiger partial charge in [-0.1, -0.05) is 23.7 Å². The quantitative estimate of drug-likeness (QED) is 0.882. The molecule has 2 unspecified atom stereocenters. The van der Waals surface area contributed by atoms with Crippen LogP contribution in [-0.2, 0) is 0 Å². The molecule has 16 heavy (non-hydrogen) atoms. The maximum absolute atomic E-state index is 6.19. The van der Waals surface area contributed by atoms with Crippen molar-refractivity contribution in [3.63, 3.8) is 0 Å². The number of thioether (sulfide) groups is 1. The van der Waals surface area contributed by atoms with Gasteiger partial charge in [-0.25, -0.2) is 0 Å². The van der Waals surface area contributed by atoms with Gasteiger partial charge in [-0.15, -0.1) is 0 Å². The summed E-state index contributed by atoms with van der Waals surface area (Å²) in [5, 5.41) is 5.00. The van der Waals surface area contributed by atoms with Gasteiger partial charge in [-0.3, -0.25) is 0 Å². The van der Waals surface area contributed by atoms with Crippen LogP contribution in [0.15, 0.2) is 18.2 Å². The molecule has 1 nitrogen and oxygen atoms in total. The second kappa shape index (κ2) is 5.44. The van der Waals surface area contributed by atoms with Crippen LogP contribution in [0.3, 0.4) is 0 Å².